The summed E-state index contributed by atoms with van der Waals surface area (Å²) in [6.07, 6.45) is 0. The Morgan fingerprint density at radius 3 is 1.57 bits per heavy atom. The lowest BCUT2D eigenvalue weighted by Crippen LogP contribution is -2.00. The van der Waals surface area contributed by atoms with Gasteiger partial charge in [0.2, 0.25) is 0 Å². The Hall–Kier alpha value is -9.39. The summed E-state index contributed by atoms with van der Waals surface area (Å²) < 4.78 is 15.9. The number of rotatable bonds is 7. The van der Waals surface area contributed by atoms with Gasteiger partial charge in [-0.3, -0.25) is 0 Å². The molecule has 0 aliphatic carbocycles. The lowest BCUT2D eigenvalue weighted by Gasteiger charge is -2.10. The average Bonchev–Trinajstić information content (AvgIpc) is 4.11. The fraction of sp³-hybridized carbons (Fsp3) is 0. The summed E-state index contributed by atoms with van der Waals surface area (Å²) in [6, 6.07) is 80.3. The molecule has 0 spiro atoms. The quantitative estimate of drug-likeness (QED) is 0.159. The highest BCUT2D eigenvalue weighted by Gasteiger charge is 2.22. The van der Waals surface area contributed by atoms with E-state index < -0.39 is 0 Å². The van der Waals surface area contributed by atoms with Crippen LogP contribution in [0.3, 0.4) is 0 Å². The summed E-state index contributed by atoms with van der Waals surface area (Å²) in [5.41, 5.74) is 15.9. The molecule has 14 aromatic rings. The number of aromatic nitrogens is 4. The normalized spacial score (nSPS) is 11.8. The number of hydrogen-bond donors (Lipinski definition) is 0. The van der Waals surface area contributed by atoms with Crippen molar-refractivity contribution in [3.63, 3.8) is 0 Å². The summed E-state index contributed by atoms with van der Waals surface area (Å²) in [5, 5.41) is 6.39. The molecule has 0 unspecified atom stereocenters. The minimum Gasteiger partial charge on any atom is -0.456 e. The van der Waals surface area contributed by atoms with Gasteiger partial charge in [-0.05, 0) is 76.3 Å². The van der Waals surface area contributed by atoms with E-state index in [1.807, 2.05) is 48.5 Å². The standard InChI is InChI=1S/C63H38N4O2/c1-4-15-39(16-5-1)41-29-31-43(32-30-41)62-64-61(42-19-8-3-9-20-42)65-63(66-62)50-25-14-28-57-59(50)49-24-12-23-48(60(49)69-57)47-22-13-27-56-58(47)52-38-45(34-36-55(52)68-56)67-53-26-11-10-21-46(53)51-37-44(33-35-54(51)67)40-17-6-2-7-18-40/h1-38H. The van der Waals surface area contributed by atoms with Gasteiger partial charge in [-0.15, -0.1) is 0 Å². The van der Waals surface area contributed by atoms with E-state index in [4.69, 9.17) is 23.8 Å². The van der Waals surface area contributed by atoms with Gasteiger partial charge >= 0.3 is 0 Å². The van der Waals surface area contributed by atoms with Crippen molar-refractivity contribution in [2.75, 3.05) is 0 Å². The van der Waals surface area contributed by atoms with E-state index in [0.29, 0.717) is 17.5 Å². The molecule has 0 atom stereocenters. The number of hydrogen-bond acceptors (Lipinski definition) is 5. The first kappa shape index (κ1) is 38.8. The molecule has 0 bridgehead atoms. The van der Waals surface area contributed by atoms with Crippen LogP contribution in [-0.2, 0) is 0 Å². The third-order valence-corrected chi connectivity index (χ3v) is 13.5. The van der Waals surface area contributed by atoms with Gasteiger partial charge in [0.15, 0.2) is 17.5 Å². The lowest BCUT2D eigenvalue weighted by atomic mass is 9.96. The van der Waals surface area contributed by atoms with Crippen molar-refractivity contribution in [3.05, 3.63) is 231 Å². The predicted molar refractivity (Wildman–Crippen MR) is 281 cm³/mol. The molecule has 69 heavy (non-hydrogen) atoms. The Kier molecular flexibility index (Phi) is 8.79. The molecular formula is C63H38N4O2. The Morgan fingerprint density at radius 2 is 0.812 bits per heavy atom. The Bertz CT molecular complexity index is 4290. The van der Waals surface area contributed by atoms with Crippen molar-refractivity contribution in [2.24, 2.45) is 0 Å². The molecular weight excluding hydrogens is 845 g/mol. The third-order valence-electron chi connectivity index (χ3n) is 13.5. The Balaban J connectivity index is 0.924. The van der Waals surface area contributed by atoms with Crippen molar-refractivity contribution >= 4 is 65.7 Å². The second-order valence-corrected chi connectivity index (χ2v) is 17.5. The van der Waals surface area contributed by atoms with Gasteiger partial charge in [0.1, 0.15) is 22.3 Å². The van der Waals surface area contributed by atoms with Crippen molar-refractivity contribution in [1.82, 2.24) is 19.5 Å². The van der Waals surface area contributed by atoms with E-state index in [-0.39, 0.29) is 0 Å². The largest absolute Gasteiger partial charge is 0.456 e. The Labute approximate surface area is 396 Å². The summed E-state index contributed by atoms with van der Waals surface area (Å²) >= 11 is 0. The molecule has 0 aliphatic rings. The zero-order valence-corrected chi connectivity index (χ0v) is 37.0. The molecule has 6 heteroatoms. The maximum atomic E-state index is 6.94. The van der Waals surface area contributed by atoms with Gasteiger partial charge < -0.3 is 13.4 Å². The first-order valence-electron chi connectivity index (χ1n) is 23.2. The van der Waals surface area contributed by atoms with Crippen LogP contribution in [0.15, 0.2) is 239 Å². The van der Waals surface area contributed by atoms with Crippen LogP contribution in [0.1, 0.15) is 0 Å². The van der Waals surface area contributed by atoms with Crippen LogP contribution < -0.4 is 0 Å². The molecule has 0 saturated carbocycles. The van der Waals surface area contributed by atoms with Crippen molar-refractivity contribution in [3.8, 4) is 73.2 Å². The first-order chi connectivity index (χ1) is 34.2. The van der Waals surface area contributed by atoms with Crippen molar-refractivity contribution in [2.45, 2.75) is 0 Å². The molecule has 14 rings (SSSR count). The van der Waals surface area contributed by atoms with Crippen LogP contribution in [0.4, 0.5) is 0 Å². The molecule has 4 aromatic heterocycles. The monoisotopic (exact) mass is 882 g/mol. The highest BCUT2D eigenvalue weighted by atomic mass is 16.3. The number of benzene rings is 10. The van der Waals surface area contributed by atoms with E-state index in [0.717, 1.165) is 99.5 Å². The highest BCUT2D eigenvalue weighted by molar-refractivity contribution is 6.20. The maximum absolute atomic E-state index is 6.94. The topological polar surface area (TPSA) is 69.9 Å². The van der Waals surface area contributed by atoms with Crippen LogP contribution in [0.2, 0.25) is 0 Å². The molecule has 10 aromatic carbocycles. The summed E-state index contributed by atoms with van der Waals surface area (Å²) in [5.74, 6) is 1.77. The molecule has 4 heterocycles. The van der Waals surface area contributed by atoms with Gasteiger partial charge in [-0.1, -0.05) is 182 Å². The van der Waals surface area contributed by atoms with E-state index in [9.17, 15) is 0 Å². The molecule has 0 N–H and O–H groups in total. The van der Waals surface area contributed by atoms with Crippen molar-refractivity contribution < 1.29 is 8.83 Å². The van der Waals surface area contributed by atoms with Gasteiger partial charge in [0.25, 0.3) is 0 Å². The van der Waals surface area contributed by atoms with Gasteiger partial charge in [0, 0.05) is 60.3 Å². The molecule has 0 aliphatic heterocycles. The van der Waals surface area contributed by atoms with Crippen LogP contribution in [0.25, 0.3) is 139 Å². The second-order valence-electron chi connectivity index (χ2n) is 17.5. The van der Waals surface area contributed by atoms with E-state index in [1.54, 1.807) is 0 Å². The fourth-order valence-electron chi connectivity index (χ4n) is 10.3. The minimum absolute atomic E-state index is 0.571. The van der Waals surface area contributed by atoms with E-state index in [2.05, 4.69) is 187 Å². The smallest absolute Gasteiger partial charge is 0.164 e. The van der Waals surface area contributed by atoms with Gasteiger partial charge in [-0.2, -0.15) is 0 Å². The van der Waals surface area contributed by atoms with Crippen LogP contribution in [-0.4, -0.2) is 19.5 Å². The van der Waals surface area contributed by atoms with E-state index in [1.165, 1.54) is 21.9 Å². The number of nitrogens with zero attached hydrogens (tertiary/aromatic N) is 4. The highest BCUT2D eigenvalue weighted by Crippen LogP contribution is 2.45. The molecule has 6 nitrogen and oxygen atoms in total. The molecule has 0 radical (unpaired) electrons. The van der Waals surface area contributed by atoms with Crippen LogP contribution >= 0.6 is 0 Å². The second kappa shape index (κ2) is 15.6. The summed E-state index contributed by atoms with van der Waals surface area (Å²) in [4.78, 5) is 15.4. The Morgan fingerprint density at radius 1 is 0.290 bits per heavy atom. The third kappa shape index (κ3) is 6.38. The number of para-hydroxylation sites is 2. The van der Waals surface area contributed by atoms with E-state index >= 15 is 0 Å². The summed E-state index contributed by atoms with van der Waals surface area (Å²) in [7, 11) is 0. The summed E-state index contributed by atoms with van der Waals surface area (Å²) in [6.45, 7) is 0. The number of furan rings is 2. The average molecular weight is 883 g/mol. The molecule has 0 saturated heterocycles. The number of fused-ring (bicyclic) bond motifs is 9. The van der Waals surface area contributed by atoms with Gasteiger partial charge in [0.05, 0.1) is 11.0 Å². The predicted octanol–water partition coefficient (Wildman–Crippen LogP) is 16.8. The van der Waals surface area contributed by atoms with Crippen LogP contribution in [0.5, 0.6) is 0 Å². The molecule has 0 fully saturated rings. The first-order valence-corrected chi connectivity index (χ1v) is 23.2. The SMILES string of the molecule is c1ccc(-c2ccc(-c3nc(-c4ccccc4)nc(-c4cccc5oc6c(-c7cccc8oc9ccc(-n%10c%11ccccc%11c%11cc(-c%12ccccc%12)ccc%11%10)cc9c78)cccc6c45)n3)cc2)cc1. The maximum Gasteiger partial charge on any atom is 0.164 e. The molecule has 0 amide bonds. The molecule has 322 valence electrons. The lowest BCUT2D eigenvalue weighted by molar-refractivity contribution is 0.668. The van der Waals surface area contributed by atoms with Gasteiger partial charge in [-0.25, -0.2) is 15.0 Å². The van der Waals surface area contributed by atoms with Crippen LogP contribution in [0, 0.1) is 0 Å². The van der Waals surface area contributed by atoms with Crippen molar-refractivity contribution in [1.29, 1.82) is 0 Å². The minimum atomic E-state index is 0.571. The fourth-order valence-corrected chi connectivity index (χ4v) is 10.3. The zero-order valence-electron chi connectivity index (χ0n) is 37.0. The zero-order chi connectivity index (χ0) is 45.4.